The lowest BCUT2D eigenvalue weighted by Gasteiger charge is -2.12. The van der Waals surface area contributed by atoms with Gasteiger partial charge in [0.25, 0.3) is 5.56 Å². The average Bonchev–Trinajstić information content (AvgIpc) is 2.32. The van der Waals surface area contributed by atoms with E-state index >= 15 is 0 Å². The first-order chi connectivity index (χ1) is 8.15. The molecule has 0 aliphatic rings. The summed E-state index contributed by atoms with van der Waals surface area (Å²) in [6.45, 7) is 4.02. The number of aliphatic hydroxyl groups is 1. The number of aryl methyl sites for hydroxylation is 1. The predicted octanol–water partition coefficient (Wildman–Crippen LogP) is 2.32. The number of pyridine rings is 1. The van der Waals surface area contributed by atoms with Gasteiger partial charge < -0.3 is 10.1 Å². The van der Waals surface area contributed by atoms with Gasteiger partial charge in [0.2, 0.25) is 0 Å². The average molecular weight is 231 g/mol. The van der Waals surface area contributed by atoms with Gasteiger partial charge in [-0.15, -0.1) is 0 Å². The molecule has 1 aromatic carbocycles. The highest BCUT2D eigenvalue weighted by molar-refractivity contribution is 5.79. The highest BCUT2D eigenvalue weighted by Crippen LogP contribution is 2.22. The van der Waals surface area contributed by atoms with Crippen molar-refractivity contribution in [2.24, 2.45) is 0 Å². The van der Waals surface area contributed by atoms with Gasteiger partial charge in [0.05, 0.1) is 0 Å². The molecule has 0 aliphatic heterocycles. The highest BCUT2D eigenvalue weighted by atomic mass is 16.3. The van der Waals surface area contributed by atoms with Gasteiger partial charge in [-0.05, 0) is 42.5 Å². The van der Waals surface area contributed by atoms with Crippen LogP contribution in [0.5, 0.6) is 0 Å². The molecule has 0 spiro atoms. The first kappa shape index (κ1) is 11.9. The topological polar surface area (TPSA) is 53.1 Å². The van der Waals surface area contributed by atoms with E-state index in [1.54, 1.807) is 6.92 Å². The van der Waals surface area contributed by atoms with Gasteiger partial charge in [0, 0.05) is 23.6 Å². The van der Waals surface area contributed by atoms with Crippen LogP contribution in [-0.2, 0) is 0 Å². The minimum atomic E-state index is -0.0422. The third kappa shape index (κ3) is 2.24. The Bertz CT molecular complexity index is 582. The van der Waals surface area contributed by atoms with Gasteiger partial charge in [0.15, 0.2) is 0 Å². The third-order valence-electron chi connectivity index (χ3n) is 3.24. The molecule has 2 rings (SSSR count). The predicted molar refractivity (Wildman–Crippen MR) is 69.4 cm³/mol. The quantitative estimate of drug-likeness (QED) is 0.851. The Labute approximate surface area is 100 Å². The maximum atomic E-state index is 11.5. The Morgan fingerprint density at radius 2 is 2.12 bits per heavy atom. The molecule has 0 saturated heterocycles. The van der Waals surface area contributed by atoms with Crippen molar-refractivity contribution in [1.29, 1.82) is 0 Å². The lowest BCUT2D eigenvalue weighted by atomic mass is 9.96. The van der Waals surface area contributed by atoms with Gasteiger partial charge in [-0.25, -0.2) is 0 Å². The molecule has 1 unspecified atom stereocenters. The summed E-state index contributed by atoms with van der Waals surface area (Å²) in [6, 6.07) is 7.81. The van der Waals surface area contributed by atoms with E-state index in [0.29, 0.717) is 5.56 Å². The maximum Gasteiger partial charge on any atom is 0.251 e. The fourth-order valence-corrected chi connectivity index (χ4v) is 2.06. The third-order valence-corrected chi connectivity index (χ3v) is 3.24. The number of aromatic nitrogens is 1. The van der Waals surface area contributed by atoms with Gasteiger partial charge in [0.1, 0.15) is 0 Å². The minimum absolute atomic E-state index is 0.0422. The Morgan fingerprint density at radius 1 is 1.35 bits per heavy atom. The molecular weight excluding hydrogens is 214 g/mol. The number of fused-ring (bicyclic) bond motifs is 1. The van der Waals surface area contributed by atoms with Crippen molar-refractivity contribution in [1.82, 2.24) is 4.98 Å². The van der Waals surface area contributed by atoms with Crippen molar-refractivity contribution in [3.05, 3.63) is 45.7 Å². The second kappa shape index (κ2) is 4.72. The lowest BCUT2D eigenvalue weighted by Crippen LogP contribution is -2.09. The smallest absolute Gasteiger partial charge is 0.251 e. The van der Waals surface area contributed by atoms with Crippen LogP contribution in [0.3, 0.4) is 0 Å². The normalized spacial score (nSPS) is 12.9. The van der Waals surface area contributed by atoms with E-state index in [-0.39, 0.29) is 18.1 Å². The molecule has 1 heterocycles. The molecule has 0 fully saturated rings. The Hall–Kier alpha value is -1.61. The molecule has 0 saturated carbocycles. The summed E-state index contributed by atoms with van der Waals surface area (Å²) in [7, 11) is 0. The molecule has 3 heteroatoms. The number of aromatic amines is 1. The Morgan fingerprint density at radius 3 is 2.76 bits per heavy atom. The molecule has 3 nitrogen and oxygen atoms in total. The summed E-state index contributed by atoms with van der Waals surface area (Å²) in [6.07, 6.45) is 0.907. The van der Waals surface area contributed by atoms with Crippen LogP contribution in [0, 0.1) is 6.92 Å². The monoisotopic (exact) mass is 231 g/mol. The van der Waals surface area contributed by atoms with Gasteiger partial charge in [-0.2, -0.15) is 0 Å². The van der Waals surface area contributed by atoms with Crippen molar-refractivity contribution in [2.45, 2.75) is 26.2 Å². The van der Waals surface area contributed by atoms with Crippen LogP contribution in [0.4, 0.5) is 0 Å². The Kier molecular flexibility index (Phi) is 3.29. The minimum Gasteiger partial charge on any atom is -0.396 e. The number of hydrogen-bond donors (Lipinski definition) is 2. The molecular formula is C14H17NO2. The number of benzene rings is 1. The standard InChI is InChI=1S/C14H17NO2/c1-3-10(8-16)11-4-5-13-12(7-11)6-9(2)14(17)15-13/h4-7,10,16H,3,8H2,1-2H3,(H,15,17). The molecule has 0 radical (unpaired) electrons. The number of aliphatic hydroxyl groups excluding tert-OH is 1. The molecule has 2 N–H and O–H groups in total. The van der Waals surface area contributed by atoms with Gasteiger partial charge in [-0.3, -0.25) is 4.79 Å². The summed E-state index contributed by atoms with van der Waals surface area (Å²) in [5, 5.41) is 10.3. The lowest BCUT2D eigenvalue weighted by molar-refractivity contribution is 0.262. The van der Waals surface area contributed by atoms with Gasteiger partial charge in [-0.1, -0.05) is 13.0 Å². The van der Waals surface area contributed by atoms with Crippen LogP contribution >= 0.6 is 0 Å². The van der Waals surface area contributed by atoms with Crippen molar-refractivity contribution >= 4 is 10.9 Å². The fourth-order valence-electron chi connectivity index (χ4n) is 2.06. The zero-order valence-electron chi connectivity index (χ0n) is 10.2. The van der Waals surface area contributed by atoms with E-state index in [4.69, 9.17) is 0 Å². The van der Waals surface area contributed by atoms with Crippen molar-refractivity contribution < 1.29 is 5.11 Å². The van der Waals surface area contributed by atoms with E-state index in [0.717, 1.165) is 22.9 Å². The van der Waals surface area contributed by atoms with Crippen molar-refractivity contribution in [2.75, 3.05) is 6.61 Å². The molecule has 90 valence electrons. The zero-order chi connectivity index (χ0) is 12.4. The number of nitrogens with one attached hydrogen (secondary N) is 1. The summed E-state index contributed by atoms with van der Waals surface area (Å²) in [5.74, 6) is 0.173. The zero-order valence-corrected chi connectivity index (χ0v) is 10.2. The molecule has 17 heavy (non-hydrogen) atoms. The van der Waals surface area contributed by atoms with E-state index < -0.39 is 0 Å². The van der Waals surface area contributed by atoms with Crippen LogP contribution in [0.15, 0.2) is 29.1 Å². The van der Waals surface area contributed by atoms with E-state index in [1.807, 2.05) is 24.3 Å². The summed E-state index contributed by atoms with van der Waals surface area (Å²) in [5.41, 5.74) is 2.64. The van der Waals surface area contributed by atoms with Crippen LogP contribution < -0.4 is 5.56 Å². The highest BCUT2D eigenvalue weighted by Gasteiger charge is 2.08. The molecule has 0 amide bonds. The molecule has 0 aliphatic carbocycles. The molecule has 1 aromatic heterocycles. The van der Waals surface area contributed by atoms with Gasteiger partial charge >= 0.3 is 0 Å². The fraction of sp³-hybridized carbons (Fsp3) is 0.357. The van der Waals surface area contributed by atoms with E-state index in [9.17, 15) is 9.90 Å². The maximum absolute atomic E-state index is 11.5. The second-order valence-electron chi connectivity index (χ2n) is 4.42. The van der Waals surface area contributed by atoms with Crippen LogP contribution in [0.1, 0.15) is 30.4 Å². The molecule has 0 bridgehead atoms. The number of H-pyrrole nitrogens is 1. The summed E-state index contributed by atoms with van der Waals surface area (Å²) < 4.78 is 0. The van der Waals surface area contributed by atoms with Crippen molar-refractivity contribution in [3.8, 4) is 0 Å². The van der Waals surface area contributed by atoms with E-state index in [1.165, 1.54) is 0 Å². The number of hydrogen-bond acceptors (Lipinski definition) is 2. The second-order valence-corrected chi connectivity index (χ2v) is 4.42. The SMILES string of the molecule is CCC(CO)c1ccc2[nH]c(=O)c(C)cc2c1. The summed E-state index contributed by atoms with van der Waals surface area (Å²) in [4.78, 5) is 14.3. The van der Waals surface area contributed by atoms with Crippen molar-refractivity contribution in [3.63, 3.8) is 0 Å². The number of rotatable bonds is 3. The molecule has 1 atom stereocenters. The first-order valence-electron chi connectivity index (χ1n) is 5.90. The first-order valence-corrected chi connectivity index (χ1v) is 5.90. The van der Waals surface area contributed by atoms with Crippen LogP contribution in [0.2, 0.25) is 0 Å². The molecule has 2 aromatic rings. The summed E-state index contributed by atoms with van der Waals surface area (Å²) >= 11 is 0. The van der Waals surface area contributed by atoms with E-state index in [2.05, 4.69) is 11.9 Å². The van der Waals surface area contributed by atoms with Crippen LogP contribution in [-0.4, -0.2) is 16.7 Å². The van der Waals surface area contributed by atoms with Crippen LogP contribution in [0.25, 0.3) is 10.9 Å². The largest absolute Gasteiger partial charge is 0.396 e. The Balaban J connectivity index is 2.57.